The predicted octanol–water partition coefficient (Wildman–Crippen LogP) is 2.85. The van der Waals surface area contributed by atoms with Gasteiger partial charge in [-0.3, -0.25) is 14.9 Å². The highest BCUT2D eigenvalue weighted by atomic mass is 79.9. The number of nitrogens with one attached hydrogen (secondary N) is 1. The number of non-ortho nitro benzene ring substituents is 1. The van der Waals surface area contributed by atoms with Crippen molar-refractivity contribution in [2.45, 2.75) is 0 Å². The van der Waals surface area contributed by atoms with E-state index in [0.717, 1.165) is 18.3 Å². The number of rotatable bonds is 4. The van der Waals surface area contributed by atoms with Gasteiger partial charge in [0, 0.05) is 27.2 Å². The molecule has 2 rings (SSSR count). The van der Waals surface area contributed by atoms with Gasteiger partial charge in [0.1, 0.15) is 0 Å². The summed E-state index contributed by atoms with van der Waals surface area (Å²) >= 11 is 8.67. The van der Waals surface area contributed by atoms with E-state index in [1.54, 1.807) is 12.1 Å². The molecule has 0 bridgehead atoms. The quantitative estimate of drug-likeness (QED) is 0.486. The fourth-order valence-corrected chi connectivity index (χ4v) is 2.22. The zero-order valence-corrected chi connectivity index (χ0v) is 13.7. The molecule has 23 heavy (non-hydrogen) atoms. The number of carbonyl (C=O) groups is 1. The molecule has 1 amide bonds. The number of halogens is 2. The topological polar surface area (TPSA) is 108 Å². The summed E-state index contributed by atoms with van der Waals surface area (Å²) in [6.45, 7) is 0. The van der Waals surface area contributed by atoms with Crippen LogP contribution in [-0.4, -0.2) is 17.0 Å². The van der Waals surface area contributed by atoms with Crippen LogP contribution in [0.15, 0.2) is 46.0 Å². The van der Waals surface area contributed by atoms with E-state index in [9.17, 15) is 20.0 Å². The van der Waals surface area contributed by atoms with E-state index >= 15 is 0 Å². The van der Waals surface area contributed by atoms with Gasteiger partial charge in [0.2, 0.25) is 0 Å². The van der Waals surface area contributed by atoms with Crippen molar-refractivity contribution in [1.29, 1.82) is 0 Å². The third-order valence-electron chi connectivity index (χ3n) is 2.74. The Morgan fingerprint density at radius 1 is 1.30 bits per heavy atom. The Labute approximate surface area is 143 Å². The Morgan fingerprint density at radius 2 is 1.96 bits per heavy atom. The predicted molar refractivity (Wildman–Crippen MR) is 86.8 cm³/mol. The fraction of sp³-hybridized carbons (Fsp3) is 0. The average molecular weight is 398 g/mol. The van der Waals surface area contributed by atoms with Gasteiger partial charge in [-0.25, -0.2) is 5.43 Å². The lowest BCUT2D eigenvalue weighted by Gasteiger charge is -2.12. The van der Waals surface area contributed by atoms with E-state index in [2.05, 4.69) is 26.5 Å². The van der Waals surface area contributed by atoms with Crippen LogP contribution in [0.3, 0.4) is 0 Å². The second kappa shape index (κ2) is 7.21. The number of hydrogen-bond acceptors (Lipinski definition) is 5. The molecule has 7 nitrogen and oxygen atoms in total. The van der Waals surface area contributed by atoms with Crippen LogP contribution in [0.2, 0.25) is 5.02 Å². The van der Waals surface area contributed by atoms with Gasteiger partial charge in [0.05, 0.1) is 11.1 Å². The molecule has 118 valence electrons. The molecule has 2 aromatic rings. The lowest BCUT2D eigenvalue weighted by atomic mass is 10.2. The Hall–Kier alpha value is -2.45. The van der Waals surface area contributed by atoms with Crippen LogP contribution in [0.4, 0.5) is 5.69 Å². The van der Waals surface area contributed by atoms with Gasteiger partial charge in [0.25, 0.3) is 11.6 Å². The summed E-state index contributed by atoms with van der Waals surface area (Å²) in [4.78, 5) is 21.9. The summed E-state index contributed by atoms with van der Waals surface area (Å²) in [5.74, 6) is -0.977. The van der Waals surface area contributed by atoms with Crippen molar-refractivity contribution < 1.29 is 14.8 Å². The van der Waals surface area contributed by atoms with Gasteiger partial charge in [-0.2, -0.15) is 5.10 Å². The molecular formula is C14H8BrClN3O4-. The summed E-state index contributed by atoms with van der Waals surface area (Å²) in [5, 5.41) is 26.7. The van der Waals surface area contributed by atoms with E-state index in [1.165, 1.54) is 12.1 Å². The lowest BCUT2D eigenvalue weighted by Crippen LogP contribution is -2.17. The first-order chi connectivity index (χ1) is 10.9. The molecule has 0 aromatic heterocycles. The molecule has 0 aliphatic rings. The number of hydrogen-bond donors (Lipinski definition) is 1. The van der Waals surface area contributed by atoms with E-state index in [-0.39, 0.29) is 15.7 Å². The maximum absolute atomic E-state index is 11.8. The van der Waals surface area contributed by atoms with Crippen LogP contribution in [0.1, 0.15) is 15.9 Å². The first-order valence-corrected chi connectivity index (χ1v) is 7.29. The molecule has 0 saturated heterocycles. The minimum atomic E-state index is -0.631. The third-order valence-corrected chi connectivity index (χ3v) is 3.59. The minimum Gasteiger partial charge on any atom is -0.871 e. The number of hydrazone groups is 1. The van der Waals surface area contributed by atoms with Gasteiger partial charge < -0.3 is 5.11 Å². The molecule has 0 radical (unpaired) electrons. The molecule has 0 aliphatic carbocycles. The highest BCUT2D eigenvalue weighted by Crippen LogP contribution is 2.29. The molecule has 0 aliphatic heterocycles. The summed E-state index contributed by atoms with van der Waals surface area (Å²) in [5.41, 5.74) is 2.27. The standard InChI is InChI=1S/C14H9BrClN3O4/c15-12-6-11(19(22)23)5-9(13(12)20)7-17-18-14(21)8-1-3-10(16)4-2-8/h1-7,20H,(H,18,21)/p-1/b17-7+. The van der Waals surface area contributed by atoms with E-state index in [4.69, 9.17) is 11.6 Å². The van der Waals surface area contributed by atoms with Crippen molar-refractivity contribution in [2.75, 3.05) is 0 Å². The summed E-state index contributed by atoms with van der Waals surface area (Å²) in [6, 6.07) is 8.30. The van der Waals surface area contributed by atoms with Crippen molar-refractivity contribution in [1.82, 2.24) is 5.43 Å². The Balaban J connectivity index is 2.15. The molecule has 0 fully saturated rings. The van der Waals surface area contributed by atoms with Crippen molar-refractivity contribution in [3.05, 3.63) is 67.1 Å². The normalized spacial score (nSPS) is 10.7. The number of amides is 1. The molecule has 0 saturated carbocycles. The summed E-state index contributed by atoms with van der Waals surface area (Å²) in [7, 11) is 0. The Kier molecular flexibility index (Phi) is 5.30. The fourth-order valence-electron chi connectivity index (χ4n) is 1.63. The summed E-state index contributed by atoms with van der Waals surface area (Å²) < 4.78 is 0.0391. The molecule has 9 heteroatoms. The first-order valence-electron chi connectivity index (χ1n) is 6.12. The molecule has 0 heterocycles. The lowest BCUT2D eigenvalue weighted by molar-refractivity contribution is -0.385. The highest BCUT2D eigenvalue weighted by Gasteiger charge is 2.09. The highest BCUT2D eigenvalue weighted by molar-refractivity contribution is 9.10. The maximum atomic E-state index is 11.8. The number of carbonyl (C=O) groups excluding carboxylic acids is 1. The van der Waals surface area contributed by atoms with Crippen molar-refractivity contribution >= 4 is 45.3 Å². The minimum absolute atomic E-state index is 0.0255. The Morgan fingerprint density at radius 3 is 2.57 bits per heavy atom. The second-order valence-corrected chi connectivity index (χ2v) is 5.60. The number of benzene rings is 2. The SMILES string of the molecule is O=C(N/N=C/c1cc([N+](=O)[O-])cc(Br)c1[O-])c1ccc(Cl)cc1. The van der Waals surface area contributed by atoms with Crippen LogP contribution < -0.4 is 10.5 Å². The van der Waals surface area contributed by atoms with Gasteiger partial charge in [-0.1, -0.05) is 33.3 Å². The average Bonchev–Trinajstić information content (AvgIpc) is 2.51. The molecule has 0 spiro atoms. The second-order valence-electron chi connectivity index (χ2n) is 4.31. The zero-order chi connectivity index (χ0) is 17.0. The molecular weight excluding hydrogens is 390 g/mol. The van der Waals surface area contributed by atoms with Crippen LogP contribution in [0.25, 0.3) is 0 Å². The number of nitro groups is 1. The van der Waals surface area contributed by atoms with Gasteiger partial charge in [-0.05, 0) is 29.8 Å². The first kappa shape index (κ1) is 16.9. The third kappa shape index (κ3) is 4.27. The van der Waals surface area contributed by atoms with Crippen LogP contribution in [0, 0.1) is 10.1 Å². The van der Waals surface area contributed by atoms with Crippen LogP contribution >= 0.6 is 27.5 Å². The smallest absolute Gasteiger partial charge is 0.271 e. The summed E-state index contributed by atoms with van der Waals surface area (Å²) in [6.07, 6.45) is 1.05. The van der Waals surface area contributed by atoms with Crippen LogP contribution in [0.5, 0.6) is 5.75 Å². The van der Waals surface area contributed by atoms with Gasteiger partial charge in [0.15, 0.2) is 0 Å². The van der Waals surface area contributed by atoms with Gasteiger partial charge in [-0.15, -0.1) is 0 Å². The zero-order valence-electron chi connectivity index (χ0n) is 11.3. The van der Waals surface area contributed by atoms with Crippen molar-refractivity contribution in [3.8, 4) is 5.75 Å². The van der Waals surface area contributed by atoms with E-state index < -0.39 is 16.6 Å². The number of nitro benzene ring substituents is 1. The maximum Gasteiger partial charge on any atom is 0.271 e. The number of nitrogens with zero attached hydrogens (tertiary/aromatic N) is 2. The largest absolute Gasteiger partial charge is 0.871 e. The molecule has 0 atom stereocenters. The Bertz CT molecular complexity index is 793. The van der Waals surface area contributed by atoms with Crippen molar-refractivity contribution in [3.63, 3.8) is 0 Å². The van der Waals surface area contributed by atoms with E-state index in [0.29, 0.717) is 10.6 Å². The molecule has 2 aromatic carbocycles. The van der Waals surface area contributed by atoms with Crippen molar-refractivity contribution in [2.24, 2.45) is 5.10 Å². The monoisotopic (exact) mass is 396 g/mol. The molecule has 1 N–H and O–H groups in total. The molecule has 0 unspecified atom stereocenters. The van der Waals surface area contributed by atoms with Gasteiger partial charge >= 0.3 is 0 Å². The van der Waals surface area contributed by atoms with E-state index in [1.807, 2.05) is 0 Å². The van der Waals surface area contributed by atoms with Crippen LogP contribution in [-0.2, 0) is 0 Å².